The van der Waals surface area contributed by atoms with Crippen molar-refractivity contribution in [2.45, 2.75) is 0 Å². The fourth-order valence-electron chi connectivity index (χ4n) is 2.85. The molecule has 0 aliphatic carbocycles. The van der Waals surface area contributed by atoms with Gasteiger partial charge in [-0.1, -0.05) is 18.2 Å². The van der Waals surface area contributed by atoms with Crippen LogP contribution in [0.25, 0.3) is 10.8 Å². The summed E-state index contributed by atoms with van der Waals surface area (Å²) >= 11 is 0. The van der Waals surface area contributed by atoms with Gasteiger partial charge in [0.25, 0.3) is 0 Å². The van der Waals surface area contributed by atoms with Crippen molar-refractivity contribution >= 4 is 40.2 Å². The topological polar surface area (TPSA) is 167 Å². The Labute approximate surface area is 171 Å². The Morgan fingerprint density at radius 1 is 0.900 bits per heavy atom. The summed E-state index contributed by atoms with van der Waals surface area (Å²) in [7, 11) is 1.24. The second-order valence-corrected chi connectivity index (χ2v) is 6.25. The van der Waals surface area contributed by atoms with Gasteiger partial charge in [-0.2, -0.15) is 0 Å². The van der Waals surface area contributed by atoms with Crippen molar-refractivity contribution in [1.29, 1.82) is 5.41 Å². The van der Waals surface area contributed by atoms with Crippen LogP contribution >= 0.6 is 0 Å². The number of carbonyl (C=O) groups is 2. The van der Waals surface area contributed by atoms with Crippen LogP contribution in [0.3, 0.4) is 0 Å². The molecule has 0 saturated carbocycles. The first-order chi connectivity index (χ1) is 14.3. The maximum absolute atomic E-state index is 12.6. The van der Waals surface area contributed by atoms with E-state index in [4.69, 9.17) is 32.1 Å². The summed E-state index contributed by atoms with van der Waals surface area (Å²) in [6.07, 6.45) is 0. The third kappa shape index (κ3) is 4.20. The van der Waals surface area contributed by atoms with E-state index in [0.29, 0.717) is 22.0 Å². The van der Waals surface area contributed by atoms with Crippen LogP contribution in [0.15, 0.2) is 59.6 Å². The molecule has 7 N–H and O–H groups in total. The van der Waals surface area contributed by atoms with Crippen molar-refractivity contribution in [3.8, 4) is 5.75 Å². The molecule has 0 radical (unpaired) electrons. The Bertz CT molecular complexity index is 1180. The Morgan fingerprint density at radius 2 is 1.57 bits per heavy atom. The number of methoxy groups -OCH3 is 1. The summed E-state index contributed by atoms with van der Waals surface area (Å²) in [6.45, 7) is 0. The molecule has 0 aromatic heterocycles. The molecule has 0 heterocycles. The van der Waals surface area contributed by atoms with Crippen molar-refractivity contribution < 1.29 is 19.1 Å². The van der Waals surface area contributed by atoms with Crippen LogP contribution in [-0.2, 0) is 4.74 Å². The van der Waals surface area contributed by atoms with E-state index in [1.165, 1.54) is 25.3 Å². The van der Waals surface area contributed by atoms with E-state index in [1.54, 1.807) is 36.4 Å². The summed E-state index contributed by atoms with van der Waals surface area (Å²) in [5.41, 5.74) is 17.5. The van der Waals surface area contributed by atoms with Crippen molar-refractivity contribution in [3.63, 3.8) is 0 Å². The summed E-state index contributed by atoms with van der Waals surface area (Å²) in [4.78, 5) is 28.9. The predicted octanol–water partition coefficient (Wildman–Crippen LogP) is 2.03. The van der Waals surface area contributed by atoms with E-state index >= 15 is 0 Å². The summed E-state index contributed by atoms with van der Waals surface area (Å²) in [6, 6.07) is 14.2. The van der Waals surface area contributed by atoms with Crippen LogP contribution in [0.4, 0.5) is 5.69 Å². The lowest BCUT2D eigenvalue weighted by molar-refractivity contribution is 0.0595. The molecule has 3 aromatic carbocycles. The number of carbonyl (C=O) groups excluding carboxylic acids is 2. The van der Waals surface area contributed by atoms with E-state index in [-0.39, 0.29) is 28.7 Å². The number of aliphatic imine (C=N–C) groups is 1. The molecule has 0 fully saturated rings. The molecule has 0 saturated heterocycles. The molecule has 0 amide bonds. The van der Waals surface area contributed by atoms with Gasteiger partial charge >= 0.3 is 11.9 Å². The van der Waals surface area contributed by atoms with Gasteiger partial charge in [-0.05, 0) is 41.8 Å². The minimum absolute atomic E-state index is 0.0447. The quantitative estimate of drug-likeness (QED) is 0.218. The second-order valence-electron chi connectivity index (χ2n) is 6.25. The number of guanidine groups is 1. The number of nitrogens with two attached hydrogens (primary N) is 3. The molecule has 0 spiro atoms. The first-order valence-electron chi connectivity index (χ1n) is 8.71. The third-order valence-electron chi connectivity index (χ3n) is 4.25. The van der Waals surface area contributed by atoms with Crippen LogP contribution in [0.1, 0.15) is 26.3 Å². The number of amidine groups is 1. The lowest BCUT2D eigenvalue weighted by Crippen LogP contribution is -2.21. The zero-order valence-corrected chi connectivity index (χ0v) is 16.0. The fraction of sp³-hybridized carbons (Fsp3) is 0.0476. The van der Waals surface area contributed by atoms with Crippen molar-refractivity contribution in [3.05, 3.63) is 71.3 Å². The average Bonchev–Trinajstić information content (AvgIpc) is 2.72. The molecule has 0 aliphatic heterocycles. The number of nitrogens with one attached hydrogen (secondary N) is 1. The van der Waals surface area contributed by atoms with Gasteiger partial charge in [0.1, 0.15) is 17.1 Å². The Kier molecular flexibility index (Phi) is 5.63. The number of ether oxygens (including phenoxy) is 2. The van der Waals surface area contributed by atoms with Crippen LogP contribution < -0.4 is 21.9 Å². The number of benzene rings is 3. The Balaban J connectivity index is 1.99. The van der Waals surface area contributed by atoms with Gasteiger partial charge in [-0.15, -0.1) is 0 Å². The van der Waals surface area contributed by atoms with E-state index in [9.17, 15) is 9.59 Å². The molecule has 9 nitrogen and oxygen atoms in total. The largest absolute Gasteiger partial charge is 0.465 e. The normalized spacial score (nSPS) is 10.3. The maximum Gasteiger partial charge on any atom is 0.343 e. The minimum Gasteiger partial charge on any atom is -0.465 e. The van der Waals surface area contributed by atoms with Crippen LogP contribution in [0, 0.1) is 5.41 Å². The minimum atomic E-state index is -0.670. The Hall–Kier alpha value is -4.40. The lowest BCUT2D eigenvalue weighted by Gasteiger charge is -2.12. The summed E-state index contributed by atoms with van der Waals surface area (Å²) in [5, 5.41) is 8.71. The zero-order chi connectivity index (χ0) is 21.8. The Morgan fingerprint density at radius 3 is 2.17 bits per heavy atom. The van der Waals surface area contributed by atoms with E-state index < -0.39 is 11.9 Å². The fourth-order valence-corrected chi connectivity index (χ4v) is 2.85. The highest BCUT2D eigenvalue weighted by Crippen LogP contribution is 2.30. The molecule has 0 aliphatic rings. The molecule has 152 valence electrons. The smallest absolute Gasteiger partial charge is 0.343 e. The summed E-state index contributed by atoms with van der Waals surface area (Å²) in [5.74, 6) is -1.49. The van der Waals surface area contributed by atoms with Gasteiger partial charge in [0, 0.05) is 10.9 Å². The van der Waals surface area contributed by atoms with Crippen molar-refractivity contribution in [2.24, 2.45) is 22.2 Å². The molecule has 0 bridgehead atoms. The zero-order valence-electron chi connectivity index (χ0n) is 16.0. The molecule has 30 heavy (non-hydrogen) atoms. The number of rotatable bonds is 5. The standard InChI is InChI=1S/C21H19N5O4/c1-29-20(28)17-15-8-4-13(18(22)23)10-12(15)5-9-16(17)30-19(27)11-2-6-14(7-3-11)26-21(24)25/h2-10H,1H3,(H3,22,23)(H4,24,25,26). The number of esters is 2. The first kappa shape index (κ1) is 20.3. The maximum atomic E-state index is 12.6. The third-order valence-corrected chi connectivity index (χ3v) is 4.25. The number of hydrogen-bond acceptors (Lipinski definition) is 6. The molecular formula is C21H19N5O4. The predicted molar refractivity (Wildman–Crippen MR) is 113 cm³/mol. The highest BCUT2D eigenvalue weighted by molar-refractivity contribution is 6.09. The van der Waals surface area contributed by atoms with Gasteiger partial charge in [0.2, 0.25) is 0 Å². The van der Waals surface area contributed by atoms with Gasteiger partial charge in [0.05, 0.1) is 18.4 Å². The van der Waals surface area contributed by atoms with E-state index in [2.05, 4.69) is 4.99 Å². The SMILES string of the molecule is COC(=O)c1c(OC(=O)c2ccc(N=C(N)N)cc2)ccc2cc(C(=N)N)ccc12. The molecular weight excluding hydrogens is 386 g/mol. The van der Waals surface area contributed by atoms with Gasteiger partial charge < -0.3 is 26.7 Å². The lowest BCUT2D eigenvalue weighted by atomic mass is 10.0. The summed E-state index contributed by atoms with van der Waals surface area (Å²) < 4.78 is 10.3. The molecule has 0 atom stereocenters. The number of fused-ring (bicyclic) bond motifs is 1. The van der Waals surface area contributed by atoms with Gasteiger partial charge in [-0.3, -0.25) is 5.41 Å². The first-order valence-corrected chi connectivity index (χ1v) is 8.71. The van der Waals surface area contributed by atoms with Gasteiger partial charge in [-0.25, -0.2) is 14.6 Å². The monoisotopic (exact) mass is 405 g/mol. The molecule has 3 rings (SSSR count). The van der Waals surface area contributed by atoms with Gasteiger partial charge in [0.15, 0.2) is 5.96 Å². The average molecular weight is 405 g/mol. The number of hydrogen-bond donors (Lipinski definition) is 4. The highest BCUT2D eigenvalue weighted by atomic mass is 16.5. The highest BCUT2D eigenvalue weighted by Gasteiger charge is 2.20. The number of nitrogens with zero attached hydrogens (tertiary/aromatic N) is 1. The van der Waals surface area contributed by atoms with E-state index in [0.717, 1.165) is 0 Å². The molecule has 3 aromatic rings. The molecule has 9 heteroatoms. The van der Waals surface area contributed by atoms with Crippen LogP contribution in [0.5, 0.6) is 5.75 Å². The number of nitrogen functional groups attached to an aromatic ring is 1. The second kappa shape index (κ2) is 8.31. The van der Waals surface area contributed by atoms with Crippen LogP contribution in [-0.4, -0.2) is 30.8 Å². The molecule has 0 unspecified atom stereocenters. The van der Waals surface area contributed by atoms with Crippen molar-refractivity contribution in [1.82, 2.24) is 0 Å². The van der Waals surface area contributed by atoms with Crippen LogP contribution in [0.2, 0.25) is 0 Å². The van der Waals surface area contributed by atoms with E-state index in [1.807, 2.05) is 0 Å². The van der Waals surface area contributed by atoms with Crippen molar-refractivity contribution in [2.75, 3.05) is 7.11 Å².